The molecule has 8 nitrogen and oxygen atoms in total. The first kappa shape index (κ1) is 16.2. The van der Waals surface area contributed by atoms with Crippen molar-refractivity contribution in [2.75, 3.05) is 4.72 Å². The van der Waals surface area contributed by atoms with E-state index in [0.29, 0.717) is 17.0 Å². The zero-order chi connectivity index (χ0) is 17.5. The van der Waals surface area contributed by atoms with Gasteiger partial charge >= 0.3 is 0 Å². The van der Waals surface area contributed by atoms with Crippen molar-refractivity contribution in [1.29, 1.82) is 0 Å². The summed E-state index contributed by atoms with van der Waals surface area (Å²) >= 11 is 5.69. The van der Waals surface area contributed by atoms with Gasteiger partial charge in [0.1, 0.15) is 10.5 Å². The Morgan fingerprint density at radius 1 is 1.25 bits per heavy atom. The van der Waals surface area contributed by atoms with Crippen LogP contribution in [0.2, 0.25) is 5.02 Å². The number of aryl methyl sites for hydroxylation is 1. The summed E-state index contributed by atoms with van der Waals surface area (Å²) in [6, 6.07) is 7.86. The molecule has 10 heteroatoms. The third-order valence-electron chi connectivity index (χ3n) is 3.17. The van der Waals surface area contributed by atoms with E-state index in [9.17, 15) is 18.5 Å². The van der Waals surface area contributed by atoms with Gasteiger partial charge in [-0.15, -0.1) is 0 Å². The molecule has 0 saturated carbocycles. The first-order valence-electron chi connectivity index (χ1n) is 6.60. The van der Waals surface area contributed by atoms with E-state index >= 15 is 0 Å². The minimum atomic E-state index is -4.02. The van der Waals surface area contributed by atoms with E-state index in [0.717, 1.165) is 6.07 Å². The van der Waals surface area contributed by atoms with Gasteiger partial charge in [0.15, 0.2) is 11.5 Å². The van der Waals surface area contributed by atoms with E-state index in [2.05, 4.69) is 9.71 Å². The Labute approximate surface area is 141 Å². The van der Waals surface area contributed by atoms with E-state index in [1.165, 1.54) is 24.3 Å². The Morgan fingerprint density at radius 3 is 2.71 bits per heavy atom. The van der Waals surface area contributed by atoms with Gasteiger partial charge in [-0.1, -0.05) is 11.6 Å². The molecular weight excluding hydrogens is 358 g/mol. The number of hydrogen-bond donors (Lipinski definition) is 1. The molecule has 3 aromatic rings. The van der Waals surface area contributed by atoms with Gasteiger partial charge in [0.25, 0.3) is 15.7 Å². The van der Waals surface area contributed by atoms with Crippen molar-refractivity contribution >= 4 is 44.1 Å². The highest BCUT2D eigenvalue weighted by Crippen LogP contribution is 2.28. The SMILES string of the molecule is Cc1nc2cc(NS(=O)(=O)c3ccc(Cl)c([N+](=O)[O-])c3)ccc2o1. The van der Waals surface area contributed by atoms with Gasteiger partial charge in [-0.05, 0) is 30.3 Å². The van der Waals surface area contributed by atoms with Crippen LogP contribution in [-0.2, 0) is 10.0 Å². The number of nitrogens with zero attached hydrogens (tertiary/aromatic N) is 2. The molecule has 0 amide bonds. The molecule has 0 aliphatic carbocycles. The van der Waals surface area contributed by atoms with E-state index in [-0.39, 0.29) is 15.6 Å². The summed E-state index contributed by atoms with van der Waals surface area (Å²) in [6.07, 6.45) is 0. The van der Waals surface area contributed by atoms with Gasteiger partial charge in [0, 0.05) is 13.0 Å². The summed E-state index contributed by atoms with van der Waals surface area (Å²) in [7, 11) is -4.02. The number of rotatable bonds is 4. The van der Waals surface area contributed by atoms with E-state index in [4.69, 9.17) is 16.0 Å². The summed E-state index contributed by atoms with van der Waals surface area (Å²) < 4.78 is 32.5. The standard InChI is InChI=1S/C14H10ClN3O5S/c1-8-16-12-6-9(2-5-14(12)23-8)17-24(21,22)10-3-4-11(15)13(7-10)18(19)20/h2-7,17H,1H3. The monoisotopic (exact) mass is 367 g/mol. The van der Waals surface area contributed by atoms with Crippen molar-refractivity contribution < 1.29 is 17.8 Å². The minimum absolute atomic E-state index is 0.140. The maximum absolute atomic E-state index is 12.4. The number of aromatic nitrogens is 1. The largest absolute Gasteiger partial charge is 0.441 e. The average molecular weight is 368 g/mol. The van der Waals surface area contributed by atoms with Crippen molar-refractivity contribution in [2.45, 2.75) is 11.8 Å². The second-order valence-electron chi connectivity index (χ2n) is 4.89. The van der Waals surface area contributed by atoms with E-state index in [1.54, 1.807) is 13.0 Å². The molecule has 1 heterocycles. The quantitative estimate of drug-likeness (QED) is 0.557. The normalized spacial score (nSPS) is 11.6. The van der Waals surface area contributed by atoms with E-state index in [1.807, 2.05) is 0 Å². The van der Waals surface area contributed by atoms with Crippen LogP contribution in [-0.4, -0.2) is 18.3 Å². The number of anilines is 1. The molecule has 0 saturated heterocycles. The van der Waals surface area contributed by atoms with Crippen LogP contribution in [0, 0.1) is 17.0 Å². The third-order valence-corrected chi connectivity index (χ3v) is 4.87. The van der Waals surface area contributed by atoms with Crippen molar-refractivity contribution in [3.8, 4) is 0 Å². The summed E-state index contributed by atoms with van der Waals surface area (Å²) in [5, 5.41) is 10.8. The molecule has 0 unspecified atom stereocenters. The second-order valence-corrected chi connectivity index (χ2v) is 6.98. The summed E-state index contributed by atoms with van der Waals surface area (Å²) in [5.74, 6) is 0.457. The number of nitro groups is 1. The molecule has 24 heavy (non-hydrogen) atoms. The van der Waals surface area contributed by atoms with Crippen LogP contribution in [0.1, 0.15) is 5.89 Å². The fourth-order valence-corrected chi connectivity index (χ4v) is 3.38. The Bertz CT molecular complexity index is 1060. The number of hydrogen-bond acceptors (Lipinski definition) is 6. The predicted molar refractivity (Wildman–Crippen MR) is 87.7 cm³/mol. The molecular formula is C14H10ClN3O5S. The zero-order valence-corrected chi connectivity index (χ0v) is 13.8. The average Bonchev–Trinajstić information content (AvgIpc) is 2.86. The lowest BCUT2D eigenvalue weighted by Crippen LogP contribution is -2.13. The Kier molecular flexibility index (Phi) is 3.90. The maximum Gasteiger partial charge on any atom is 0.289 e. The Morgan fingerprint density at radius 2 is 2.00 bits per heavy atom. The van der Waals surface area contributed by atoms with Gasteiger partial charge in [-0.2, -0.15) is 0 Å². The lowest BCUT2D eigenvalue weighted by molar-refractivity contribution is -0.384. The molecule has 124 valence electrons. The van der Waals surface area contributed by atoms with Crippen molar-refractivity contribution in [1.82, 2.24) is 4.98 Å². The van der Waals surface area contributed by atoms with Crippen LogP contribution in [0.3, 0.4) is 0 Å². The molecule has 2 aromatic carbocycles. The first-order valence-corrected chi connectivity index (χ1v) is 8.46. The minimum Gasteiger partial charge on any atom is -0.441 e. The zero-order valence-electron chi connectivity index (χ0n) is 12.2. The number of oxazole rings is 1. The third kappa shape index (κ3) is 3.03. The number of nitro benzene ring substituents is 1. The lowest BCUT2D eigenvalue weighted by atomic mass is 10.3. The van der Waals surface area contributed by atoms with Crippen LogP contribution in [0.4, 0.5) is 11.4 Å². The molecule has 1 N–H and O–H groups in total. The summed E-state index contributed by atoms with van der Waals surface area (Å²) in [5.41, 5.74) is 0.794. The fraction of sp³-hybridized carbons (Fsp3) is 0.0714. The van der Waals surface area contributed by atoms with Gasteiger partial charge < -0.3 is 4.42 Å². The number of nitrogens with one attached hydrogen (secondary N) is 1. The maximum atomic E-state index is 12.4. The summed E-state index contributed by atoms with van der Waals surface area (Å²) in [6.45, 7) is 1.68. The van der Waals surface area contributed by atoms with Crippen LogP contribution >= 0.6 is 11.6 Å². The molecule has 1 aromatic heterocycles. The molecule has 0 aliphatic heterocycles. The highest BCUT2D eigenvalue weighted by Gasteiger charge is 2.21. The Hall–Kier alpha value is -2.65. The van der Waals surface area contributed by atoms with Gasteiger partial charge in [0.2, 0.25) is 0 Å². The number of fused-ring (bicyclic) bond motifs is 1. The van der Waals surface area contributed by atoms with Crippen molar-refractivity contribution in [2.24, 2.45) is 0 Å². The molecule has 0 fully saturated rings. The highest BCUT2D eigenvalue weighted by atomic mass is 35.5. The van der Waals surface area contributed by atoms with E-state index < -0.39 is 20.6 Å². The molecule has 0 atom stereocenters. The predicted octanol–water partition coefficient (Wildman–Crippen LogP) is 3.50. The van der Waals surface area contributed by atoms with Gasteiger partial charge in [-0.25, -0.2) is 13.4 Å². The molecule has 0 radical (unpaired) electrons. The van der Waals surface area contributed by atoms with Crippen molar-refractivity contribution in [3.63, 3.8) is 0 Å². The fourth-order valence-electron chi connectivity index (χ4n) is 2.12. The smallest absolute Gasteiger partial charge is 0.289 e. The van der Waals surface area contributed by atoms with Gasteiger partial charge in [0.05, 0.1) is 15.5 Å². The molecule has 3 rings (SSSR count). The topological polar surface area (TPSA) is 115 Å². The number of sulfonamides is 1. The van der Waals surface area contributed by atoms with Crippen molar-refractivity contribution in [3.05, 3.63) is 57.4 Å². The molecule has 0 bridgehead atoms. The summed E-state index contributed by atoms with van der Waals surface area (Å²) in [4.78, 5) is 14.0. The Balaban J connectivity index is 1.98. The van der Waals surface area contributed by atoms with Crippen LogP contribution in [0.25, 0.3) is 11.1 Å². The van der Waals surface area contributed by atoms with Crippen LogP contribution in [0.15, 0.2) is 45.7 Å². The van der Waals surface area contributed by atoms with Crippen LogP contribution < -0.4 is 4.72 Å². The van der Waals surface area contributed by atoms with Gasteiger partial charge in [-0.3, -0.25) is 14.8 Å². The number of benzene rings is 2. The second kappa shape index (κ2) is 5.77. The molecule has 0 aliphatic rings. The number of halogens is 1. The van der Waals surface area contributed by atoms with Crippen LogP contribution in [0.5, 0.6) is 0 Å². The highest BCUT2D eigenvalue weighted by molar-refractivity contribution is 7.92. The first-order chi connectivity index (χ1) is 11.3. The lowest BCUT2D eigenvalue weighted by Gasteiger charge is -2.08. The molecule has 0 spiro atoms.